The van der Waals surface area contributed by atoms with Gasteiger partial charge in [-0.2, -0.15) is 0 Å². The second-order valence-corrected chi connectivity index (χ2v) is 6.09. The van der Waals surface area contributed by atoms with Gasteiger partial charge in [0.15, 0.2) is 0 Å². The SMILES string of the molecule is C=C(C)C(=O)O.CCCCCCCC(Cl)CCN(C)C. The second-order valence-electron chi connectivity index (χ2n) is 5.48. The molecule has 120 valence electrons. The first-order valence-corrected chi connectivity index (χ1v) is 7.92. The lowest BCUT2D eigenvalue weighted by Gasteiger charge is -2.13. The lowest BCUT2D eigenvalue weighted by Crippen LogP contribution is -2.16. The van der Waals surface area contributed by atoms with Crippen molar-refractivity contribution in [1.29, 1.82) is 0 Å². The summed E-state index contributed by atoms with van der Waals surface area (Å²) in [5.41, 5.74) is 0.176. The number of carboxylic acids is 1. The molecule has 0 saturated carbocycles. The van der Waals surface area contributed by atoms with Crippen molar-refractivity contribution >= 4 is 17.6 Å². The lowest BCUT2D eigenvalue weighted by molar-refractivity contribution is -0.132. The predicted molar refractivity (Wildman–Crippen MR) is 88.6 cm³/mol. The number of aliphatic carboxylic acids is 1. The lowest BCUT2D eigenvalue weighted by atomic mass is 10.1. The summed E-state index contributed by atoms with van der Waals surface area (Å²) in [7, 11) is 4.20. The highest BCUT2D eigenvalue weighted by Gasteiger charge is 2.04. The van der Waals surface area contributed by atoms with Gasteiger partial charge in [-0.15, -0.1) is 11.6 Å². The molecule has 1 atom stereocenters. The first-order valence-electron chi connectivity index (χ1n) is 7.48. The van der Waals surface area contributed by atoms with E-state index in [1.54, 1.807) is 0 Å². The van der Waals surface area contributed by atoms with Gasteiger partial charge in [0.1, 0.15) is 0 Å². The van der Waals surface area contributed by atoms with Gasteiger partial charge in [-0.3, -0.25) is 0 Å². The van der Waals surface area contributed by atoms with E-state index in [0.29, 0.717) is 5.38 Å². The van der Waals surface area contributed by atoms with Gasteiger partial charge < -0.3 is 10.0 Å². The predicted octanol–water partition coefficient (Wildman–Crippen LogP) is 4.55. The summed E-state index contributed by atoms with van der Waals surface area (Å²) in [5.74, 6) is -0.935. The van der Waals surface area contributed by atoms with Gasteiger partial charge in [-0.05, 0) is 40.4 Å². The van der Waals surface area contributed by atoms with Crippen LogP contribution >= 0.6 is 11.6 Å². The Morgan fingerprint density at radius 3 is 2.10 bits per heavy atom. The number of hydrogen-bond donors (Lipinski definition) is 1. The molecule has 0 aliphatic rings. The number of nitrogens with zero attached hydrogens (tertiary/aromatic N) is 1. The molecule has 0 spiro atoms. The number of carboxylic acid groups (broad SMARTS) is 1. The Morgan fingerprint density at radius 2 is 1.70 bits per heavy atom. The topological polar surface area (TPSA) is 40.5 Å². The van der Waals surface area contributed by atoms with Crippen molar-refractivity contribution in [2.24, 2.45) is 0 Å². The minimum Gasteiger partial charge on any atom is -0.478 e. The maximum absolute atomic E-state index is 9.60. The highest BCUT2D eigenvalue weighted by Crippen LogP contribution is 2.13. The molecule has 3 nitrogen and oxygen atoms in total. The third kappa shape index (κ3) is 19.8. The standard InChI is InChI=1S/C12H26ClN.C4H6O2/c1-4-5-6-7-8-9-12(13)10-11-14(2)3;1-3(2)4(5)6/h12H,4-11H2,1-3H3;1H2,2H3,(H,5,6). The molecule has 1 N–H and O–H groups in total. The number of carbonyl (C=O) groups is 1. The molecule has 0 aromatic heterocycles. The van der Waals surface area contributed by atoms with E-state index in [1.165, 1.54) is 45.4 Å². The highest BCUT2D eigenvalue weighted by atomic mass is 35.5. The van der Waals surface area contributed by atoms with Crippen LogP contribution in [0.4, 0.5) is 0 Å². The summed E-state index contributed by atoms with van der Waals surface area (Å²) >= 11 is 6.21. The number of halogens is 1. The molecule has 0 fully saturated rings. The molecule has 0 aliphatic heterocycles. The first kappa shape index (κ1) is 21.8. The van der Waals surface area contributed by atoms with Gasteiger partial charge in [-0.25, -0.2) is 4.79 Å². The van der Waals surface area contributed by atoms with Crippen LogP contribution in [0.1, 0.15) is 58.8 Å². The molecule has 0 aliphatic carbocycles. The molecule has 0 heterocycles. The molecule has 20 heavy (non-hydrogen) atoms. The molecular formula is C16H32ClNO2. The molecule has 0 rings (SSSR count). The number of rotatable bonds is 10. The van der Waals surface area contributed by atoms with Gasteiger partial charge in [0.25, 0.3) is 0 Å². The Hall–Kier alpha value is -0.540. The fraction of sp³-hybridized carbons (Fsp3) is 0.812. The highest BCUT2D eigenvalue weighted by molar-refractivity contribution is 6.20. The minimum absolute atomic E-state index is 0.176. The van der Waals surface area contributed by atoms with Gasteiger partial charge in [0.05, 0.1) is 0 Å². The van der Waals surface area contributed by atoms with Crippen molar-refractivity contribution in [1.82, 2.24) is 4.90 Å². The van der Waals surface area contributed by atoms with Crippen LogP contribution in [0.2, 0.25) is 0 Å². The average molecular weight is 306 g/mol. The van der Waals surface area contributed by atoms with Crippen LogP contribution in [0.25, 0.3) is 0 Å². The second kappa shape index (κ2) is 14.9. The van der Waals surface area contributed by atoms with E-state index in [2.05, 4.69) is 32.5 Å². The Bertz CT molecular complexity index is 243. The molecule has 4 heteroatoms. The summed E-state index contributed by atoms with van der Waals surface area (Å²) < 4.78 is 0. The first-order chi connectivity index (χ1) is 9.31. The molecule has 0 amide bonds. The van der Waals surface area contributed by atoms with Crippen molar-refractivity contribution < 1.29 is 9.90 Å². The maximum Gasteiger partial charge on any atom is 0.330 e. The van der Waals surface area contributed by atoms with Crippen LogP contribution in [0.5, 0.6) is 0 Å². The fourth-order valence-corrected chi connectivity index (χ4v) is 1.76. The van der Waals surface area contributed by atoms with Gasteiger partial charge in [0.2, 0.25) is 0 Å². The zero-order valence-corrected chi connectivity index (χ0v) is 14.4. The minimum atomic E-state index is -0.935. The molecule has 0 aromatic rings. The molecule has 1 unspecified atom stereocenters. The summed E-state index contributed by atoms with van der Waals surface area (Å²) in [6.45, 7) is 7.97. The van der Waals surface area contributed by atoms with Crippen LogP contribution in [-0.2, 0) is 4.79 Å². The van der Waals surface area contributed by atoms with Crippen LogP contribution in [0.15, 0.2) is 12.2 Å². The van der Waals surface area contributed by atoms with E-state index in [0.717, 1.165) is 13.0 Å². The average Bonchev–Trinajstić information content (AvgIpc) is 2.36. The summed E-state index contributed by atoms with van der Waals surface area (Å²) in [6, 6.07) is 0. The van der Waals surface area contributed by atoms with Crippen LogP contribution in [0, 0.1) is 0 Å². The van der Waals surface area contributed by atoms with Crippen molar-refractivity contribution in [3.05, 3.63) is 12.2 Å². The summed E-state index contributed by atoms with van der Waals surface area (Å²) in [4.78, 5) is 11.8. The molecule has 0 radical (unpaired) electrons. The Morgan fingerprint density at radius 1 is 1.20 bits per heavy atom. The van der Waals surface area contributed by atoms with Crippen LogP contribution in [-0.4, -0.2) is 42.0 Å². The number of hydrogen-bond acceptors (Lipinski definition) is 2. The van der Waals surface area contributed by atoms with Gasteiger partial charge in [-0.1, -0.05) is 45.6 Å². The van der Waals surface area contributed by atoms with E-state index in [-0.39, 0.29) is 5.57 Å². The van der Waals surface area contributed by atoms with Crippen LogP contribution < -0.4 is 0 Å². The maximum atomic E-state index is 9.60. The van der Waals surface area contributed by atoms with Crippen molar-refractivity contribution in [2.45, 2.75) is 64.2 Å². The van der Waals surface area contributed by atoms with E-state index in [9.17, 15) is 4.79 Å². The van der Waals surface area contributed by atoms with E-state index >= 15 is 0 Å². The third-order valence-corrected chi connectivity index (χ3v) is 3.31. The Balaban J connectivity index is 0. The van der Waals surface area contributed by atoms with E-state index in [4.69, 9.17) is 16.7 Å². The zero-order valence-electron chi connectivity index (χ0n) is 13.6. The summed E-state index contributed by atoms with van der Waals surface area (Å²) in [5, 5.41) is 8.28. The zero-order chi connectivity index (χ0) is 16.0. The Labute approximate surface area is 130 Å². The van der Waals surface area contributed by atoms with Crippen LogP contribution in [0.3, 0.4) is 0 Å². The smallest absolute Gasteiger partial charge is 0.330 e. The number of alkyl halides is 1. The normalized spacial score (nSPS) is 11.7. The van der Waals surface area contributed by atoms with Gasteiger partial charge >= 0.3 is 5.97 Å². The number of unbranched alkanes of at least 4 members (excludes halogenated alkanes) is 4. The fourth-order valence-electron chi connectivity index (χ4n) is 1.51. The van der Waals surface area contributed by atoms with Crippen molar-refractivity contribution in [3.63, 3.8) is 0 Å². The van der Waals surface area contributed by atoms with E-state index in [1.807, 2.05) is 0 Å². The molecule has 0 saturated heterocycles. The third-order valence-electron chi connectivity index (χ3n) is 2.88. The molecular weight excluding hydrogens is 274 g/mol. The monoisotopic (exact) mass is 305 g/mol. The largest absolute Gasteiger partial charge is 0.478 e. The molecule has 0 bridgehead atoms. The van der Waals surface area contributed by atoms with E-state index < -0.39 is 5.97 Å². The molecule has 0 aromatic carbocycles. The van der Waals surface area contributed by atoms with Crippen molar-refractivity contribution in [3.8, 4) is 0 Å². The van der Waals surface area contributed by atoms with Crippen molar-refractivity contribution in [2.75, 3.05) is 20.6 Å². The van der Waals surface area contributed by atoms with Gasteiger partial charge in [0, 0.05) is 11.0 Å². The Kier molecular flexibility index (Phi) is 16.2. The summed E-state index contributed by atoms with van der Waals surface area (Å²) in [6.07, 6.45) is 9.07. The quantitative estimate of drug-likeness (QED) is 0.365.